The number of amides is 2. The monoisotopic (exact) mass is 369 g/mol. The Morgan fingerprint density at radius 1 is 1.19 bits per heavy atom. The zero-order chi connectivity index (χ0) is 19.4. The lowest BCUT2D eigenvalue weighted by Gasteiger charge is -2.11. The Labute approximate surface area is 157 Å². The minimum atomic E-state index is -0.572. The first kappa shape index (κ1) is 18.8. The molecular formula is C20H23N3O4. The number of nitrogens with one attached hydrogen (secondary N) is 2. The SMILES string of the molecule is CC(C)NC(=O)CNC(=O)COC(=O)c1cc(C2CC2)nc2ccccc12. The highest BCUT2D eigenvalue weighted by molar-refractivity contribution is 6.04. The molecule has 2 amide bonds. The van der Waals surface area contributed by atoms with Crippen molar-refractivity contribution in [1.82, 2.24) is 15.6 Å². The third kappa shape index (κ3) is 5.03. The van der Waals surface area contributed by atoms with E-state index in [-0.39, 0.29) is 18.5 Å². The number of pyridine rings is 1. The Hall–Kier alpha value is -2.96. The van der Waals surface area contributed by atoms with Gasteiger partial charge in [0.2, 0.25) is 5.91 Å². The average molecular weight is 369 g/mol. The van der Waals surface area contributed by atoms with Gasteiger partial charge in [0.25, 0.3) is 5.91 Å². The zero-order valence-corrected chi connectivity index (χ0v) is 15.5. The molecule has 2 aromatic rings. The molecule has 1 fully saturated rings. The van der Waals surface area contributed by atoms with Crippen LogP contribution in [0.15, 0.2) is 30.3 Å². The van der Waals surface area contributed by atoms with E-state index in [4.69, 9.17) is 4.74 Å². The summed E-state index contributed by atoms with van der Waals surface area (Å²) in [6, 6.07) is 9.13. The number of aromatic nitrogens is 1. The molecule has 0 bridgehead atoms. The molecule has 1 aliphatic rings. The average Bonchev–Trinajstić information content (AvgIpc) is 3.48. The molecule has 7 heteroatoms. The molecular weight excluding hydrogens is 346 g/mol. The molecule has 1 aromatic carbocycles. The molecule has 0 unspecified atom stereocenters. The molecule has 0 atom stereocenters. The quantitative estimate of drug-likeness (QED) is 0.727. The van der Waals surface area contributed by atoms with E-state index in [1.807, 2.05) is 38.1 Å². The maximum atomic E-state index is 12.5. The number of carbonyl (C=O) groups is 3. The van der Waals surface area contributed by atoms with Gasteiger partial charge in [-0.2, -0.15) is 0 Å². The Balaban J connectivity index is 1.62. The second-order valence-corrected chi connectivity index (χ2v) is 6.96. The van der Waals surface area contributed by atoms with Gasteiger partial charge < -0.3 is 15.4 Å². The maximum Gasteiger partial charge on any atom is 0.339 e. The summed E-state index contributed by atoms with van der Waals surface area (Å²) in [7, 11) is 0. The van der Waals surface area contributed by atoms with Crippen molar-refractivity contribution in [3.8, 4) is 0 Å². The van der Waals surface area contributed by atoms with Gasteiger partial charge in [0.15, 0.2) is 6.61 Å². The lowest BCUT2D eigenvalue weighted by Crippen LogP contribution is -2.41. The lowest BCUT2D eigenvalue weighted by molar-refractivity contribution is -0.128. The molecule has 0 aliphatic heterocycles. The van der Waals surface area contributed by atoms with Crippen LogP contribution in [0.5, 0.6) is 0 Å². The Morgan fingerprint density at radius 3 is 2.63 bits per heavy atom. The molecule has 1 saturated carbocycles. The van der Waals surface area contributed by atoms with Crippen molar-refractivity contribution in [1.29, 1.82) is 0 Å². The van der Waals surface area contributed by atoms with E-state index in [0.717, 1.165) is 24.1 Å². The second-order valence-electron chi connectivity index (χ2n) is 6.96. The fraction of sp³-hybridized carbons (Fsp3) is 0.400. The highest BCUT2D eigenvalue weighted by Gasteiger charge is 2.27. The van der Waals surface area contributed by atoms with E-state index in [1.165, 1.54) is 0 Å². The molecule has 0 saturated heterocycles. The molecule has 0 radical (unpaired) electrons. The lowest BCUT2D eigenvalue weighted by atomic mass is 10.1. The summed E-state index contributed by atoms with van der Waals surface area (Å²) in [5.74, 6) is -0.997. The molecule has 3 rings (SSSR count). The Morgan fingerprint density at radius 2 is 1.93 bits per heavy atom. The summed E-state index contributed by atoms with van der Waals surface area (Å²) in [5, 5.41) is 5.79. The van der Waals surface area contributed by atoms with Crippen molar-refractivity contribution in [3.63, 3.8) is 0 Å². The highest BCUT2D eigenvalue weighted by Crippen LogP contribution is 2.40. The van der Waals surface area contributed by atoms with Crippen molar-refractivity contribution in [2.45, 2.75) is 38.6 Å². The van der Waals surface area contributed by atoms with Crippen molar-refractivity contribution in [2.24, 2.45) is 0 Å². The summed E-state index contributed by atoms with van der Waals surface area (Å²) in [6.07, 6.45) is 2.14. The van der Waals surface area contributed by atoms with Gasteiger partial charge in [0.05, 0.1) is 17.6 Å². The molecule has 1 aliphatic carbocycles. The Kier molecular flexibility index (Phi) is 5.69. The first-order valence-electron chi connectivity index (χ1n) is 9.07. The standard InChI is InChI=1S/C20H23N3O4/c1-12(2)22-18(24)10-21-19(25)11-27-20(26)15-9-17(13-7-8-13)23-16-6-4-3-5-14(15)16/h3-6,9,12-13H,7-8,10-11H2,1-2H3,(H,21,25)(H,22,24). The van der Waals surface area contributed by atoms with E-state index >= 15 is 0 Å². The van der Waals surface area contributed by atoms with E-state index < -0.39 is 18.5 Å². The third-order valence-corrected chi connectivity index (χ3v) is 4.18. The van der Waals surface area contributed by atoms with Crippen molar-refractivity contribution in [2.75, 3.05) is 13.2 Å². The normalized spacial score (nSPS) is 13.4. The van der Waals surface area contributed by atoms with Crippen LogP contribution in [0.1, 0.15) is 48.7 Å². The number of esters is 1. The zero-order valence-electron chi connectivity index (χ0n) is 15.5. The largest absolute Gasteiger partial charge is 0.452 e. The van der Waals surface area contributed by atoms with E-state index in [1.54, 1.807) is 6.07 Å². The van der Waals surface area contributed by atoms with E-state index in [0.29, 0.717) is 16.9 Å². The third-order valence-electron chi connectivity index (χ3n) is 4.18. The van der Waals surface area contributed by atoms with Crippen LogP contribution >= 0.6 is 0 Å². The summed E-state index contributed by atoms with van der Waals surface area (Å²) in [6.45, 7) is 3.06. The number of hydrogen-bond acceptors (Lipinski definition) is 5. The molecule has 7 nitrogen and oxygen atoms in total. The molecule has 1 aromatic heterocycles. The molecule has 27 heavy (non-hydrogen) atoms. The number of rotatable bonds is 7. The fourth-order valence-corrected chi connectivity index (χ4v) is 2.76. The number of fused-ring (bicyclic) bond motifs is 1. The number of hydrogen-bond donors (Lipinski definition) is 2. The number of benzene rings is 1. The number of para-hydroxylation sites is 1. The fourth-order valence-electron chi connectivity index (χ4n) is 2.76. The van der Waals surface area contributed by atoms with E-state index in [9.17, 15) is 14.4 Å². The number of nitrogens with zero attached hydrogens (tertiary/aromatic N) is 1. The molecule has 142 valence electrons. The summed E-state index contributed by atoms with van der Waals surface area (Å²) < 4.78 is 5.16. The Bertz CT molecular complexity index is 875. The van der Waals surface area contributed by atoms with Crippen LogP contribution in [0.25, 0.3) is 10.9 Å². The topological polar surface area (TPSA) is 97.4 Å². The van der Waals surface area contributed by atoms with Gasteiger partial charge >= 0.3 is 5.97 Å². The predicted octanol–water partition coefficient (Wildman–Crippen LogP) is 1.91. The first-order chi connectivity index (χ1) is 12.9. The van der Waals surface area contributed by atoms with Crippen LogP contribution < -0.4 is 10.6 Å². The van der Waals surface area contributed by atoms with Gasteiger partial charge in [-0.15, -0.1) is 0 Å². The van der Waals surface area contributed by atoms with Gasteiger partial charge in [0, 0.05) is 23.0 Å². The van der Waals surface area contributed by atoms with Crippen molar-refractivity contribution in [3.05, 3.63) is 41.6 Å². The number of carbonyl (C=O) groups excluding carboxylic acids is 3. The molecule has 2 N–H and O–H groups in total. The highest BCUT2D eigenvalue weighted by atomic mass is 16.5. The summed E-state index contributed by atoms with van der Waals surface area (Å²) >= 11 is 0. The summed E-state index contributed by atoms with van der Waals surface area (Å²) in [4.78, 5) is 40.5. The molecule has 1 heterocycles. The van der Waals surface area contributed by atoms with Gasteiger partial charge in [-0.1, -0.05) is 18.2 Å². The summed E-state index contributed by atoms with van der Waals surface area (Å²) in [5.41, 5.74) is 2.03. The maximum absolute atomic E-state index is 12.5. The predicted molar refractivity (Wildman–Crippen MR) is 100 cm³/mol. The smallest absolute Gasteiger partial charge is 0.339 e. The van der Waals surface area contributed by atoms with Crippen LogP contribution in [-0.4, -0.2) is 42.0 Å². The van der Waals surface area contributed by atoms with E-state index in [2.05, 4.69) is 15.6 Å². The minimum Gasteiger partial charge on any atom is -0.452 e. The van der Waals surface area contributed by atoms with Gasteiger partial charge in [-0.3, -0.25) is 14.6 Å². The molecule has 0 spiro atoms. The van der Waals surface area contributed by atoms with Crippen LogP contribution in [0.3, 0.4) is 0 Å². The van der Waals surface area contributed by atoms with Crippen LogP contribution in [0.2, 0.25) is 0 Å². The van der Waals surface area contributed by atoms with Crippen molar-refractivity contribution >= 4 is 28.7 Å². The van der Waals surface area contributed by atoms with Crippen molar-refractivity contribution < 1.29 is 19.1 Å². The van der Waals surface area contributed by atoms with Gasteiger partial charge in [-0.25, -0.2) is 4.79 Å². The van der Waals surface area contributed by atoms with Crippen LogP contribution in [-0.2, 0) is 14.3 Å². The first-order valence-corrected chi connectivity index (χ1v) is 9.07. The number of ether oxygens (including phenoxy) is 1. The minimum absolute atomic E-state index is 0.00661. The van der Waals surface area contributed by atoms with Crippen LogP contribution in [0.4, 0.5) is 0 Å². The van der Waals surface area contributed by atoms with Gasteiger partial charge in [-0.05, 0) is 38.8 Å². The van der Waals surface area contributed by atoms with Crippen LogP contribution in [0, 0.1) is 0 Å². The second kappa shape index (κ2) is 8.16. The van der Waals surface area contributed by atoms with Gasteiger partial charge in [0.1, 0.15) is 0 Å².